The highest BCUT2D eigenvalue weighted by Gasteiger charge is 2.24. The molecule has 1 aromatic carbocycles. The van der Waals surface area contributed by atoms with Gasteiger partial charge in [0.1, 0.15) is 16.6 Å². The van der Waals surface area contributed by atoms with Crippen LogP contribution in [-0.4, -0.2) is 15.5 Å². The highest BCUT2D eigenvalue weighted by molar-refractivity contribution is 7.86. The normalized spacial score (nSPS) is 11.4. The fourth-order valence-corrected chi connectivity index (χ4v) is 2.02. The van der Waals surface area contributed by atoms with E-state index in [1.165, 1.54) is 7.11 Å². The summed E-state index contributed by atoms with van der Waals surface area (Å²) in [5.74, 6) is -1.36. The van der Waals surface area contributed by atoms with Crippen LogP contribution >= 0.6 is 11.6 Å². The van der Waals surface area contributed by atoms with E-state index in [-0.39, 0.29) is 5.75 Å². The first-order valence-corrected chi connectivity index (χ1v) is 5.10. The summed E-state index contributed by atoms with van der Waals surface area (Å²) < 4.78 is 51.1. The maximum Gasteiger partial charge on any atom is 0.336 e. The van der Waals surface area contributed by atoms with Crippen LogP contribution in [-0.2, 0) is 10.2 Å². The van der Waals surface area contributed by atoms with E-state index >= 15 is 0 Å². The summed E-state index contributed by atoms with van der Waals surface area (Å²) in [6.07, 6.45) is 0. The monoisotopic (exact) mass is 242 g/mol. The molecule has 0 aliphatic rings. The maximum atomic E-state index is 12.9. The third kappa shape index (κ3) is 1.96. The molecule has 0 atom stereocenters. The maximum absolute atomic E-state index is 12.9. The van der Waals surface area contributed by atoms with E-state index in [9.17, 15) is 16.7 Å². The molecule has 0 saturated carbocycles. The number of rotatable bonds is 2. The Bertz CT molecular complexity index is 458. The summed E-state index contributed by atoms with van der Waals surface area (Å²) in [7, 11) is -3.98. The summed E-state index contributed by atoms with van der Waals surface area (Å²) in [6, 6.07) is 1.86. The van der Waals surface area contributed by atoms with E-state index in [2.05, 4.69) is 4.74 Å². The Hall–Kier alpha value is -0.880. The Morgan fingerprint density at radius 1 is 1.43 bits per heavy atom. The number of halogens is 3. The van der Waals surface area contributed by atoms with Crippen LogP contribution in [0.3, 0.4) is 0 Å². The molecule has 0 aromatic heterocycles. The van der Waals surface area contributed by atoms with Crippen LogP contribution in [0.1, 0.15) is 0 Å². The first-order valence-electron chi connectivity index (χ1n) is 3.34. The summed E-state index contributed by atoms with van der Waals surface area (Å²) in [4.78, 5) is -1.20. The van der Waals surface area contributed by atoms with E-state index in [1.807, 2.05) is 0 Å². The zero-order valence-electron chi connectivity index (χ0n) is 6.92. The molecule has 0 radical (unpaired) electrons. The highest BCUT2D eigenvalue weighted by Crippen LogP contribution is 2.33. The van der Waals surface area contributed by atoms with Gasteiger partial charge in [0.05, 0.1) is 7.11 Å². The van der Waals surface area contributed by atoms with Gasteiger partial charge in [-0.2, -0.15) is 8.42 Å². The van der Waals surface area contributed by atoms with Gasteiger partial charge in [0, 0.05) is 0 Å². The summed E-state index contributed by atoms with van der Waals surface area (Å²) in [6.45, 7) is 0. The lowest BCUT2D eigenvalue weighted by atomic mass is 10.3. The second-order valence-electron chi connectivity index (χ2n) is 2.33. The number of hydrogen-bond acceptors (Lipinski definition) is 3. The minimum Gasteiger partial charge on any atom is -0.495 e. The van der Waals surface area contributed by atoms with Crippen LogP contribution in [0.2, 0.25) is 5.02 Å². The first kappa shape index (κ1) is 11.2. The molecule has 0 amide bonds. The lowest BCUT2D eigenvalue weighted by molar-refractivity contribution is 0.411. The lowest BCUT2D eigenvalue weighted by Crippen LogP contribution is -1.99. The molecule has 0 spiro atoms. The molecule has 7 heteroatoms. The Morgan fingerprint density at radius 2 is 2.00 bits per heavy atom. The van der Waals surface area contributed by atoms with Gasteiger partial charge in [-0.3, -0.25) is 0 Å². The van der Waals surface area contributed by atoms with E-state index in [1.54, 1.807) is 0 Å². The molecule has 3 nitrogen and oxygen atoms in total. The van der Waals surface area contributed by atoms with Gasteiger partial charge in [0.25, 0.3) is 0 Å². The molecular formula is C7H5ClF2O3S. The summed E-state index contributed by atoms with van der Waals surface area (Å²) in [5, 5.41) is -0.602. The van der Waals surface area contributed by atoms with Crippen LogP contribution in [0, 0.1) is 5.82 Å². The fourth-order valence-electron chi connectivity index (χ4n) is 0.896. The Kier molecular flexibility index (Phi) is 2.96. The van der Waals surface area contributed by atoms with Gasteiger partial charge < -0.3 is 4.74 Å². The Balaban J connectivity index is 3.57. The third-order valence-corrected chi connectivity index (χ3v) is 2.85. The molecule has 0 saturated heterocycles. The number of ether oxygens (including phenoxy) is 1. The number of methoxy groups -OCH3 is 1. The van der Waals surface area contributed by atoms with E-state index in [0.717, 1.165) is 12.1 Å². The highest BCUT2D eigenvalue weighted by atomic mass is 35.5. The standard InChI is InChI=1S/C7H5ClF2O3S/c1-13-5-3-2-4(9)7(6(5)8)14(10,11)12/h2-3H,1H3. The average molecular weight is 243 g/mol. The van der Waals surface area contributed by atoms with Gasteiger partial charge in [-0.15, -0.1) is 3.89 Å². The minimum absolute atomic E-state index is 0.107. The topological polar surface area (TPSA) is 43.4 Å². The van der Waals surface area contributed by atoms with Crippen LogP contribution in [0.15, 0.2) is 17.0 Å². The molecule has 78 valence electrons. The van der Waals surface area contributed by atoms with E-state index in [0.29, 0.717) is 0 Å². The van der Waals surface area contributed by atoms with Crippen molar-refractivity contribution in [2.75, 3.05) is 7.11 Å². The van der Waals surface area contributed by atoms with Crippen molar-refractivity contribution < 1.29 is 21.4 Å². The van der Waals surface area contributed by atoms with Gasteiger partial charge >= 0.3 is 10.2 Å². The van der Waals surface area contributed by atoms with Crippen LogP contribution < -0.4 is 4.74 Å². The van der Waals surface area contributed by atoms with Crippen molar-refractivity contribution in [2.45, 2.75) is 4.90 Å². The molecule has 0 heterocycles. The molecule has 0 bridgehead atoms. The zero-order valence-corrected chi connectivity index (χ0v) is 8.49. The van der Waals surface area contributed by atoms with Crippen molar-refractivity contribution in [1.82, 2.24) is 0 Å². The van der Waals surface area contributed by atoms with Crippen molar-refractivity contribution in [3.05, 3.63) is 23.0 Å². The van der Waals surface area contributed by atoms with Crippen molar-refractivity contribution in [3.63, 3.8) is 0 Å². The van der Waals surface area contributed by atoms with Gasteiger partial charge in [-0.05, 0) is 12.1 Å². The molecular weight excluding hydrogens is 238 g/mol. The molecule has 0 fully saturated rings. The smallest absolute Gasteiger partial charge is 0.336 e. The SMILES string of the molecule is COc1ccc(F)c(S(=O)(=O)F)c1Cl. The molecule has 0 unspecified atom stereocenters. The summed E-state index contributed by atoms with van der Waals surface area (Å²) in [5.41, 5.74) is 0. The zero-order chi connectivity index (χ0) is 10.9. The fraction of sp³-hybridized carbons (Fsp3) is 0.143. The number of benzene rings is 1. The molecule has 0 aliphatic carbocycles. The number of hydrogen-bond donors (Lipinski definition) is 0. The predicted molar refractivity (Wildman–Crippen MR) is 46.3 cm³/mol. The molecule has 0 N–H and O–H groups in total. The Morgan fingerprint density at radius 3 is 2.43 bits per heavy atom. The van der Waals surface area contributed by atoms with Crippen LogP contribution in [0.4, 0.5) is 8.28 Å². The van der Waals surface area contributed by atoms with Gasteiger partial charge in [-0.25, -0.2) is 4.39 Å². The summed E-state index contributed by atoms with van der Waals surface area (Å²) >= 11 is 5.41. The quantitative estimate of drug-likeness (QED) is 0.747. The van der Waals surface area contributed by atoms with E-state index < -0.39 is 26.0 Å². The minimum atomic E-state index is -5.18. The third-order valence-electron chi connectivity index (χ3n) is 1.48. The van der Waals surface area contributed by atoms with Gasteiger partial charge in [0.2, 0.25) is 0 Å². The second-order valence-corrected chi connectivity index (χ2v) is 3.99. The van der Waals surface area contributed by atoms with Crippen molar-refractivity contribution in [1.29, 1.82) is 0 Å². The molecule has 0 aliphatic heterocycles. The van der Waals surface area contributed by atoms with Crippen molar-refractivity contribution in [2.24, 2.45) is 0 Å². The van der Waals surface area contributed by atoms with Gasteiger partial charge in [0.15, 0.2) is 4.90 Å². The van der Waals surface area contributed by atoms with E-state index in [4.69, 9.17) is 11.6 Å². The average Bonchev–Trinajstić information content (AvgIpc) is 2.02. The van der Waals surface area contributed by atoms with Crippen LogP contribution in [0.25, 0.3) is 0 Å². The van der Waals surface area contributed by atoms with Crippen LogP contribution in [0.5, 0.6) is 5.75 Å². The predicted octanol–water partition coefficient (Wildman–Crippen LogP) is 2.15. The second kappa shape index (κ2) is 3.70. The molecule has 1 rings (SSSR count). The molecule has 14 heavy (non-hydrogen) atoms. The Labute approximate surface area is 84.5 Å². The lowest BCUT2D eigenvalue weighted by Gasteiger charge is -2.05. The van der Waals surface area contributed by atoms with Crippen molar-refractivity contribution >= 4 is 21.8 Å². The van der Waals surface area contributed by atoms with Crippen molar-refractivity contribution in [3.8, 4) is 5.75 Å². The van der Waals surface area contributed by atoms with Gasteiger partial charge in [-0.1, -0.05) is 11.6 Å². The largest absolute Gasteiger partial charge is 0.495 e. The molecule has 1 aromatic rings. The first-order chi connectivity index (χ1) is 6.38.